The molecule has 0 bridgehead atoms. The van der Waals surface area contributed by atoms with E-state index in [4.69, 9.17) is 4.74 Å². The van der Waals surface area contributed by atoms with Crippen LogP contribution in [-0.2, 0) is 0 Å². The minimum Gasteiger partial charge on any atom is -0.507 e. The summed E-state index contributed by atoms with van der Waals surface area (Å²) in [6, 6.07) is 13.8. The first kappa shape index (κ1) is 22.3. The van der Waals surface area contributed by atoms with Crippen LogP contribution in [0.1, 0.15) is 40.5 Å². The monoisotopic (exact) mass is 434 g/mol. The highest BCUT2D eigenvalue weighted by molar-refractivity contribution is 5.90. The summed E-state index contributed by atoms with van der Waals surface area (Å²) >= 11 is 0. The zero-order valence-corrected chi connectivity index (χ0v) is 20.2. The van der Waals surface area contributed by atoms with E-state index in [2.05, 4.69) is 61.8 Å². The van der Waals surface area contributed by atoms with Crippen molar-refractivity contribution in [2.75, 3.05) is 26.1 Å². The van der Waals surface area contributed by atoms with Crippen LogP contribution in [-0.4, -0.2) is 58.5 Å². The van der Waals surface area contributed by atoms with Crippen molar-refractivity contribution in [3.05, 3.63) is 42.5 Å². The second-order valence-corrected chi connectivity index (χ2v) is 10.2. The number of benzene rings is 2. The lowest BCUT2D eigenvalue weighted by Gasteiger charge is -2.55. The van der Waals surface area contributed by atoms with Gasteiger partial charge in [0.2, 0.25) is 0 Å². The van der Waals surface area contributed by atoms with Crippen molar-refractivity contribution < 1.29 is 9.84 Å². The molecule has 1 fully saturated rings. The Hall–Kier alpha value is -2.86. The minimum atomic E-state index is 0.105. The lowest BCUT2D eigenvalue weighted by Crippen LogP contribution is -2.62. The maximum absolute atomic E-state index is 10.6. The molecule has 2 aromatic carbocycles. The minimum absolute atomic E-state index is 0.105. The number of hydrogen-bond acceptors (Lipinski definition) is 6. The Morgan fingerprint density at radius 1 is 0.969 bits per heavy atom. The number of phenolic OH excluding ortho intramolecular Hbond substituents is 1. The van der Waals surface area contributed by atoms with E-state index in [9.17, 15) is 5.11 Å². The molecule has 1 N–H and O–H groups in total. The van der Waals surface area contributed by atoms with Gasteiger partial charge in [-0.2, -0.15) is 0 Å². The number of rotatable bonds is 4. The molecule has 3 aromatic rings. The Bertz CT molecular complexity index is 1110. The number of piperidine rings is 1. The Morgan fingerprint density at radius 2 is 1.66 bits per heavy atom. The van der Waals surface area contributed by atoms with Gasteiger partial charge >= 0.3 is 0 Å². The fourth-order valence-corrected chi connectivity index (χ4v) is 5.03. The average Bonchev–Trinajstić information content (AvgIpc) is 2.75. The van der Waals surface area contributed by atoms with Crippen LogP contribution >= 0.6 is 0 Å². The van der Waals surface area contributed by atoms with Gasteiger partial charge in [0.05, 0.1) is 12.8 Å². The molecular formula is C26H34N4O2. The van der Waals surface area contributed by atoms with Crippen LogP contribution in [0.15, 0.2) is 42.5 Å². The second-order valence-electron chi connectivity index (χ2n) is 10.2. The van der Waals surface area contributed by atoms with Crippen LogP contribution in [0.5, 0.6) is 11.5 Å². The lowest BCUT2D eigenvalue weighted by atomic mass is 9.77. The zero-order chi connectivity index (χ0) is 23.3. The fraction of sp³-hybridized carbons (Fsp3) is 0.462. The molecule has 2 heterocycles. The summed E-state index contributed by atoms with van der Waals surface area (Å²) in [7, 11) is 5.96. The zero-order valence-electron chi connectivity index (χ0n) is 20.2. The number of methoxy groups -OCH3 is 1. The topological polar surface area (TPSA) is 61.7 Å². The van der Waals surface area contributed by atoms with E-state index in [1.165, 1.54) is 0 Å². The van der Waals surface area contributed by atoms with E-state index in [0.29, 0.717) is 17.3 Å². The fourth-order valence-electron chi connectivity index (χ4n) is 5.03. The summed E-state index contributed by atoms with van der Waals surface area (Å²) in [5.41, 5.74) is 1.54. The van der Waals surface area contributed by atoms with Gasteiger partial charge in [-0.1, -0.05) is 6.07 Å². The molecule has 170 valence electrons. The van der Waals surface area contributed by atoms with Crippen molar-refractivity contribution in [3.63, 3.8) is 0 Å². The first-order valence-corrected chi connectivity index (χ1v) is 11.1. The number of hydrogen-bond donors (Lipinski definition) is 1. The number of ether oxygens (including phenoxy) is 1. The number of aromatic hydroxyl groups is 1. The van der Waals surface area contributed by atoms with E-state index in [1.54, 1.807) is 13.2 Å². The average molecular weight is 435 g/mol. The van der Waals surface area contributed by atoms with Gasteiger partial charge in [0.15, 0.2) is 5.82 Å². The standard InChI is InChI=1S/C26H34N4O2/c1-25(2)15-19(16-26(3,4)30(25)6)29(5)24-11-10-22(27-28-24)21-13-17-8-9-20(32-7)12-18(17)14-23(21)31/h8-14,19,31H,15-16H2,1-7H3. The molecule has 0 radical (unpaired) electrons. The van der Waals surface area contributed by atoms with Gasteiger partial charge in [0.1, 0.15) is 11.5 Å². The molecule has 1 aliphatic rings. The molecule has 4 rings (SSSR count). The molecule has 6 nitrogen and oxygen atoms in total. The number of phenols is 1. The predicted molar refractivity (Wildman–Crippen MR) is 131 cm³/mol. The molecule has 0 amide bonds. The largest absolute Gasteiger partial charge is 0.507 e. The molecule has 1 saturated heterocycles. The van der Waals surface area contributed by atoms with Gasteiger partial charge < -0.3 is 14.7 Å². The molecule has 0 aliphatic carbocycles. The van der Waals surface area contributed by atoms with Gasteiger partial charge in [0, 0.05) is 29.7 Å². The highest BCUT2D eigenvalue weighted by atomic mass is 16.5. The summed E-state index contributed by atoms with van der Waals surface area (Å²) in [4.78, 5) is 4.73. The van der Waals surface area contributed by atoms with Crippen LogP contribution in [0.25, 0.3) is 22.0 Å². The molecule has 0 unspecified atom stereocenters. The van der Waals surface area contributed by atoms with Crippen molar-refractivity contribution in [2.24, 2.45) is 0 Å². The summed E-state index contributed by atoms with van der Waals surface area (Å²) in [6.45, 7) is 9.23. The summed E-state index contributed by atoms with van der Waals surface area (Å²) in [6.07, 6.45) is 2.11. The summed E-state index contributed by atoms with van der Waals surface area (Å²) in [5.74, 6) is 1.79. The molecular weight excluding hydrogens is 400 g/mol. The Morgan fingerprint density at radius 3 is 2.25 bits per heavy atom. The Balaban J connectivity index is 1.60. The SMILES string of the molecule is COc1ccc2cc(-c3ccc(N(C)C4CC(C)(C)N(C)C(C)(C)C4)nn3)c(O)cc2c1. The third-order valence-electron chi connectivity index (χ3n) is 7.28. The number of fused-ring (bicyclic) bond motifs is 1. The van der Waals surface area contributed by atoms with E-state index < -0.39 is 0 Å². The Labute approximate surface area is 190 Å². The van der Waals surface area contributed by atoms with Gasteiger partial charge in [-0.3, -0.25) is 4.90 Å². The molecule has 32 heavy (non-hydrogen) atoms. The third-order valence-corrected chi connectivity index (χ3v) is 7.28. The van der Waals surface area contributed by atoms with Gasteiger partial charge in [0.25, 0.3) is 0 Å². The quantitative estimate of drug-likeness (QED) is 0.617. The first-order valence-electron chi connectivity index (χ1n) is 11.1. The highest BCUT2D eigenvalue weighted by Crippen LogP contribution is 2.40. The van der Waals surface area contributed by atoms with Gasteiger partial charge in [-0.15, -0.1) is 10.2 Å². The van der Waals surface area contributed by atoms with Crippen molar-refractivity contribution in [1.82, 2.24) is 15.1 Å². The molecule has 1 aromatic heterocycles. The van der Waals surface area contributed by atoms with Crippen molar-refractivity contribution in [3.8, 4) is 22.8 Å². The molecule has 0 spiro atoms. The number of anilines is 1. The smallest absolute Gasteiger partial charge is 0.151 e. The maximum atomic E-state index is 10.6. The van der Waals surface area contributed by atoms with Crippen LogP contribution in [0, 0.1) is 0 Å². The van der Waals surface area contributed by atoms with E-state index in [1.807, 2.05) is 36.4 Å². The molecule has 0 saturated carbocycles. The van der Waals surface area contributed by atoms with Crippen LogP contribution < -0.4 is 9.64 Å². The van der Waals surface area contributed by atoms with E-state index in [-0.39, 0.29) is 16.8 Å². The van der Waals surface area contributed by atoms with Gasteiger partial charge in [-0.25, -0.2) is 0 Å². The Kier molecular flexibility index (Phi) is 5.53. The molecule has 6 heteroatoms. The lowest BCUT2D eigenvalue weighted by molar-refractivity contribution is -0.0120. The van der Waals surface area contributed by atoms with Crippen LogP contribution in [0.4, 0.5) is 5.82 Å². The van der Waals surface area contributed by atoms with Crippen molar-refractivity contribution in [2.45, 2.75) is 57.7 Å². The maximum Gasteiger partial charge on any atom is 0.151 e. The van der Waals surface area contributed by atoms with E-state index in [0.717, 1.165) is 35.2 Å². The van der Waals surface area contributed by atoms with Gasteiger partial charge in [-0.05, 0) is 94.8 Å². The van der Waals surface area contributed by atoms with Crippen molar-refractivity contribution in [1.29, 1.82) is 0 Å². The number of nitrogens with zero attached hydrogens (tertiary/aromatic N) is 4. The molecule has 1 aliphatic heterocycles. The number of aromatic nitrogens is 2. The summed E-state index contributed by atoms with van der Waals surface area (Å²) < 4.78 is 5.28. The molecule has 0 atom stereocenters. The summed E-state index contributed by atoms with van der Waals surface area (Å²) in [5, 5.41) is 21.5. The second kappa shape index (κ2) is 7.93. The van der Waals surface area contributed by atoms with Crippen LogP contribution in [0.3, 0.4) is 0 Å². The third kappa shape index (κ3) is 3.99. The van der Waals surface area contributed by atoms with E-state index >= 15 is 0 Å². The predicted octanol–water partition coefficient (Wildman–Crippen LogP) is 5.10. The normalized spacial score (nSPS) is 18.6. The number of likely N-dealkylation sites (tertiary alicyclic amines) is 1. The van der Waals surface area contributed by atoms with Crippen molar-refractivity contribution >= 4 is 16.6 Å². The first-order chi connectivity index (χ1) is 15.0. The van der Waals surface area contributed by atoms with Crippen LogP contribution in [0.2, 0.25) is 0 Å². The highest BCUT2D eigenvalue weighted by Gasteiger charge is 2.44.